The number of hydrogen-bond donors (Lipinski definition) is 2. The maximum Gasteiger partial charge on any atom is 0.330 e. The predicted octanol–water partition coefficient (Wildman–Crippen LogP) is 1.13. The van der Waals surface area contributed by atoms with Gasteiger partial charge in [-0.2, -0.15) is 0 Å². The molecule has 5 heteroatoms. The lowest BCUT2D eigenvalue weighted by Crippen LogP contribution is -2.31. The summed E-state index contributed by atoms with van der Waals surface area (Å²) in [5.74, 6) is -1.30. The minimum atomic E-state index is -0.795. The highest BCUT2D eigenvalue weighted by Crippen LogP contribution is 2.18. The topological polar surface area (TPSA) is 85.2 Å². The summed E-state index contributed by atoms with van der Waals surface area (Å²) in [5, 5.41) is 0.947. The first kappa shape index (κ1) is 12.3. The molecule has 1 atom stereocenters. The van der Waals surface area contributed by atoms with Gasteiger partial charge in [0, 0.05) is 17.1 Å². The maximum atomic E-state index is 11.6. The molecule has 2 aromatic rings. The van der Waals surface area contributed by atoms with Crippen LogP contribution < -0.4 is 5.73 Å². The molecule has 3 N–H and O–H groups in total. The van der Waals surface area contributed by atoms with Gasteiger partial charge in [0.25, 0.3) is 0 Å². The van der Waals surface area contributed by atoms with Crippen LogP contribution in [0.3, 0.4) is 0 Å². The van der Waals surface area contributed by atoms with Gasteiger partial charge in [-0.05, 0) is 18.6 Å². The summed E-state index contributed by atoms with van der Waals surface area (Å²) in [7, 11) is 0. The van der Waals surface area contributed by atoms with E-state index in [0.717, 1.165) is 16.5 Å². The number of H-pyrrole nitrogens is 1. The van der Waals surface area contributed by atoms with Crippen molar-refractivity contribution in [1.29, 1.82) is 0 Å². The molecule has 0 amide bonds. The predicted molar refractivity (Wildman–Crippen MR) is 66.8 cm³/mol. The highest BCUT2D eigenvalue weighted by molar-refractivity contribution is 5.92. The third kappa shape index (κ3) is 2.57. The Labute approximate surface area is 104 Å². The monoisotopic (exact) mass is 246 g/mol. The molecular weight excluding hydrogens is 232 g/mol. The number of rotatable bonds is 3. The van der Waals surface area contributed by atoms with E-state index in [-0.39, 0.29) is 6.42 Å². The fourth-order valence-electron chi connectivity index (χ4n) is 1.67. The molecule has 0 aliphatic rings. The molecule has 0 spiro atoms. The Kier molecular flexibility index (Phi) is 3.43. The lowest BCUT2D eigenvalue weighted by atomic mass is 10.1. The fraction of sp³-hybridized carbons (Fsp3) is 0.231. The Balaban J connectivity index is 2.10. The van der Waals surface area contributed by atoms with Crippen LogP contribution >= 0.6 is 0 Å². The van der Waals surface area contributed by atoms with E-state index in [2.05, 4.69) is 9.72 Å². The van der Waals surface area contributed by atoms with E-state index in [4.69, 9.17) is 5.73 Å². The fourth-order valence-corrected chi connectivity index (χ4v) is 1.67. The zero-order valence-corrected chi connectivity index (χ0v) is 9.97. The van der Waals surface area contributed by atoms with Gasteiger partial charge in [-0.1, -0.05) is 18.2 Å². The summed E-state index contributed by atoms with van der Waals surface area (Å²) >= 11 is 0. The van der Waals surface area contributed by atoms with E-state index in [1.807, 2.05) is 24.3 Å². The molecule has 0 fully saturated rings. The Bertz CT molecular complexity index is 587. The van der Waals surface area contributed by atoms with E-state index in [1.165, 1.54) is 6.92 Å². The average molecular weight is 246 g/mol. The normalized spacial score (nSPS) is 12.3. The minimum Gasteiger partial charge on any atom is -0.392 e. The largest absolute Gasteiger partial charge is 0.392 e. The highest BCUT2D eigenvalue weighted by Gasteiger charge is 2.16. The number of fused-ring (bicyclic) bond motifs is 1. The van der Waals surface area contributed by atoms with Gasteiger partial charge in [0.2, 0.25) is 0 Å². The van der Waals surface area contributed by atoms with E-state index >= 15 is 0 Å². The van der Waals surface area contributed by atoms with E-state index in [0.29, 0.717) is 0 Å². The van der Waals surface area contributed by atoms with Crippen LogP contribution in [0.15, 0.2) is 30.5 Å². The maximum absolute atomic E-state index is 11.6. The number of aromatic nitrogens is 1. The molecular formula is C13H14N2O3. The molecule has 2 rings (SSSR count). The van der Waals surface area contributed by atoms with Gasteiger partial charge in [-0.25, -0.2) is 4.79 Å². The molecule has 0 aliphatic carbocycles. The van der Waals surface area contributed by atoms with Crippen molar-refractivity contribution >= 4 is 22.8 Å². The van der Waals surface area contributed by atoms with Crippen LogP contribution in [0.25, 0.3) is 10.9 Å². The summed E-state index contributed by atoms with van der Waals surface area (Å²) in [4.78, 5) is 25.8. The van der Waals surface area contributed by atoms with Gasteiger partial charge in [0.15, 0.2) is 0 Å². The van der Waals surface area contributed by atoms with Crippen molar-refractivity contribution in [2.24, 2.45) is 5.73 Å². The quantitative estimate of drug-likeness (QED) is 0.628. The van der Waals surface area contributed by atoms with Gasteiger partial charge in [-0.3, -0.25) is 4.79 Å². The molecule has 0 saturated heterocycles. The lowest BCUT2D eigenvalue weighted by molar-refractivity contribution is -0.159. The molecule has 1 heterocycles. The lowest BCUT2D eigenvalue weighted by Gasteiger charge is -2.04. The van der Waals surface area contributed by atoms with Crippen molar-refractivity contribution in [3.05, 3.63) is 36.0 Å². The number of carbonyl (C=O) groups is 2. The highest BCUT2D eigenvalue weighted by atomic mass is 16.6. The van der Waals surface area contributed by atoms with Crippen LogP contribution in [0.4, 0.5) is 0 Å². The van der Waals surface area contributed by atoms with Crippen molar-refractivity contribution in [3.63, 3.8) is 0 Å². The first-order chi connectivity index (χ1) is 8.58. The molecule has 0 aliphatic heterocycles. The second-order valence-corrected chi connectivity index (χ2v) is 4.12. The van der Waals surface area contributed by atoms with E-state index < -0.39 is 18.0 Å². The number of aromatic amines is 1. The number of ether oxygens (including phenoxy) is 1. The van der Waals surface area contributed by atoms with Gasteiger partial charge in [0.05, 0.1) is 6.42 Å². The Morgan fingerprint density at radius 2 is 2.11 bits per heavy atom. The Hall–Kier alpha value is -2.14. The molecule has 5 nitrogen and oxygen atoms in total. The van der Waals surface area contributed by atoms with Crippen molar-refractivity contribution < 1.29 is 14.3 Å². The number of esters is 2. The van der Waals surface area contributed by atoms with Gasteiger partial charge < -0.3 is 15.5 Å². The summed E-state index contributed by atoms with van der Waals surface area (Å²) in [6.45, 7) is 1.47. The molecule has 0 radical (unpaired) electrons. The van der Waals surface area contributed by atoms with Crippen molar-refractivity contribution in [2.75, 3.05) is 0 Å². The first-order valence-electron chi connectivity index (χ1n) is 5.63. The summed E-state index contributed by atoms with van der Waals surface area (Å²) in [6, 6.07) is 6.81. The Morgan fingerprint density at radius 3 is 2.83 bits per heavy atom. The first-order valence-corrected chi connectivity index (χ1v) is 5.63. The number of nitrogens with one attached hydrogen (secondary N) is 1. The molecule has 0 unspecified atom stereocenters. The number of benzene rings is 1. The number of para-hydroxylation sites is 1. The second-order valence-electron chi connectivity index (χ2n) is 4.12. The molecule has 1 aromatic carbocycles. The number of nitrogens with two attached hydrogens (primary N) is 1. The zero-order valence-electron chi connectivity index (χ0n) is 9.97. The van der Waals surface area contributed by atoms with Crippen molar-refractivity contribution in [1.82, 2.24) is 4.98 Å². The molecule has 94 valence electrons. The smallest absolute Gasteiger partial charge is 0.330 e. The summed E-state index contributed by atoms with van der Waals surface area (Å²) in [6.07, 6.45) is 1.78. The SMILES string of the molecule is C[C@H](N)C(=O)OC(=O)Cc1c[nH]c2ccccc12. The van der Waals surface area contributed by atoms with Crippen LogP contribution in [0.2, 0.25) is 0 Å². The standard InChI is InChI=1S/C13H14N2O3/c1-8(14)13(17)18-12(16)6-9-7-15-11-5-3-2-4-10(9)11/h2-5,7-8,15H,6,14H2,1H3/t8-/m0/s1. The molecule has 1 aromatic heterocycles. The van der Waals surface area contributed by atoms with Gasteiger partial charge in [0.1, 0.15) is 6.04 Å². The zero-order chi connectivity index (χ0) is 13.1. The molecule has 0 bridgehead atoms. The average Bonchev–Trinajstić information content (AvgIpc) is 2.72. The van der Waals surface area contributed by atoms with Crippen LogP contribution in [0.1, 0.15) is 12.5 Å². The summed E-state index contributed by atoms with van der Waals surface area (Å²) in [5.41, 5.74) is 7.06. The third-order valence-electron chi connectivity index (χ3n) is 2.60. The second kappa shape index (κ2) is 5.01. The van der Waals surface area contributed by atoms with E-state index in [9.17, 15) is 9.59 Å². The third-order valence-corrected chi connectivity index (χ3v) is 2.60. The van der Waals surface area contributed by atoms with Crippen molar-refractivity contribution in [3.8, 4) is 0 Å². The van der Waals surface area contributed by atoms with E-state index in [1.54, 1.807) is 6.20 Å². The van der Waals surface area contributed by atoms with Crippen LogP contribution in [0.5, 0.6) is 0 Å². The van der Waals surface area contributed by atoms with Crippen molar-refractivity contribution in [2.45, 2.75) is 19.4 Å². The van der Waals surface area contributed by atoms with Gasteiger partial charge >= 0.3 is 11.9 Å². The summed E-state index contributed by atoms with van der Waals surface area (Å²) < 4.78 is 4.62. The number of hydrogen-bond acceptors (Lipinski definition) is 4. The van der Waals surface area contributed by atoms with Crippen LogP contribution in [-0.4, -0.2) is 23.0 Å². The minimum absolute atomic E-state index is 0.0441. The number of carbonyl (C=O) groups excluding carboxylic acids is 2. The van der Waals surface area contributed by atoms with Crippen LogP contribution in [-0.2, 0) is 20.7 Å². The van der Waals surface area contributed by atoms with Gasteiger partial charge in [-0.15, -0.1) is 0 Å². The molecule has 18 heavy (non-hydrogen) atoms. The molecule has 0 saturated carbocycles. The Morgan fingerprint density at radius 1 is 1.39 bits per heavy atom. The van der Waals surface area contributed by atoms with Crippen LogP contribution in [0, 0.1) is 0 Å².